The van der Waals surface area contributed by atoms with Gasteiger partial charge in [0.15, 0.2) is 0 Å². The first-order valence-electron chi connectivity index (χ1n) is 19.4. The molecular weight excluding hydrogens is 843 g/mol. The number of aromatic nitrogens is 2. The highest BCUT2D eigenvalue weighted by molar-refractivity contribution is 7.87. The van der Waals surface area contributed by atoms with Gasteiger partial charge in [0.1, 0.15) is 18.0 Å². The Morgan fingerprint density at radius 3 is 1.71 bits per heavy atom. The Hall–Kier alpha value is -6.30. The molecule has 0 aliphatic heterocycles. The maximum atomic E-state index is 13.7. The predicted molar refractivity (Wildman–Crippen MR) is 222 cm³/mol. The second-order valence-corrected chi connectivity index (χ2v) is 17.9. The summed E-state index contributed by atoms with van der Waals surface area (Å²) in [5, 5.41) is 2.91. The van der Waals surface area contributed by atoms with Crippen molar-refractivity contribution in [2.24, 2.45) is 5.41 Å². The van der Waals surface area contributed by atoms with E-state index >= 15 is 0 Å². The number of amides is 1. The Morgan fingerprint density at radius 2 is 1.23 bits per heavy atom. The predicted octanol–water partition coefficient (Wildman–Crippen LogP) is 6.08. The van der Waals surface area contributed by atoms with Crippen LogP contribution in [0.5, 0.6) is 5.75 Å². The number of rotatable bonds is 15. The van der Waals surface area contributed by atoms with Crippen molar-refractivity contribution < 1.29 is 53.9 Å². The zero-order valence-corrected chi connectivity index (χ0v) is 35.8. The van der Waals surface area contributed by atoms with E-state index in [1.165, 1.54) is 24.3 Å². The molecule has 0 unspecified atom stereocenters. The number of carbonyl (C=O) groups is 2. The van der Waals surface area contributed by atoms with Crippen molar-refractivity contribution in [1.29, 1.82) is 0 Å². The fourth-order valence-corrected chi connectivity index (χ4v) is 8.69. The molecule has 0 saturated heterocycles. The van der Waals surface area contributed by atoms with Crippen molar-refractivity contribution in [2.45, 2.75) is 74.8 Å². The molecule has 5 aromatic rings. The fourth-order valence-electron chi connectivity index (χ4n) is 6.67. The Labute approximate surface area is 358 Å². The van der Waals surface area contributed by atoms with Gasteiger partial charge in [-0.2, -0.15) is 26.4 Å². The lowest BCUT2D eigenvalue weighted by molar-refractivity contribution is -0.191. The molecule has 1 aliphatic rings. The summed E-state index contributed by atoms with van der Waals surface area (Å²) in [6.07, 6.45) is -0.390. The number of ether oxygens (including phenoxy) is 2. The summed E-state index contributed by atoms with van der Waals surface area (Å²) in [5.74, 6) is -1.03. The van der Waals surface area contributed by atoms with Crippen LogP contribution in [0, 0.1) is 19.3 Å². The van der Waals surface area contributed by atoms with E-state index in [0.717, 1.165) is 16.7 Å². The van der Waals surface area contributed by atoms with Gasteiger partial charge in [0, 0.05) is 5.41 Å². The zero-order valence-electron chi connectivity index (χ0n) is 34.1. The maximum Gasteiger partial charge on any atom is 0.408 e. The molecule has 6 rings (SSSR count). The number of nitrogens with zero attached hydrogens (tertiary/aromatic N) is 1. The van der Waals surface area contributed by atoms with Crippen LogP contribution in [-0.2, 0) is 61.5 Å². The molecule has 1 heterocycles. The Morgan fingerprint density at radius 1 is 0.742 bits per heavy atom. The normalized spacial score (nSPS) is 14.3. The monoisotopic (exact) mass is 887 g/mol. The number of hydrogen-bond donors (Lipinski definition) is 2. The van der Waals surface area contributed by atoms with Gasteiger partial charge >= 0.3 is 18.2 Å². The smallest absolute Gasteiger partial charge is 0.408 e. The third-order valence-electron chi connectivity index (χ3n) is 10.3. The molecule has 4 aromatic carbocycles. The molecule has 1 aliphatic carbocycles. The van der Waals surface area contributed by atoms with Gasteiger partial charge in [-0.3, -0.25) is 13.2 Å². The van der Waals surface area contributed by atoms with E-state index < -0.39 is 62.0 Å². The largest absolute Gasteiger partial charge is 0.445 e. The quantitative estimate of drug-likeness (QED) is 0.0897. The molecule has 1 fully saturated rings. The van der Waals surface area contributed by atoms with Crippen molar-refractivity contribution in [2.75, 3.05) is 13.2 Å². The summed E-state index contributed by atoms with van der Waals surface area (Å²) < 4.78 is 76.1. The summed E-state index contributed by atoms with van der Waals surface area (Å²) in [6, 6.07) is 29.3. The van der Waals surface area contributed by atoms with E-state index in [9.17, 15) is 31.2 Å². The summed E-state index contributed by atoms with van der Waals surface area (Å²) in [4.78, 5) is 63.8. The van der Waals surface area contributed by atoms with Crippen LogP contribution in [0.1, 0.15) is 71.2 Å². The lowest BCUT2D eigenvalue weighted by atomic mass is 9.67. The number of H-pyrrole nitrogens is 1. The third-order valence-corrected chi connectivity index (χ3v) is 12.9. The average molecular weight is 888 g/mol. The maximum absolute atomic E-state index is 13.7. The van der Waals surface area contributed by atoms with E-state index in [4.69, 9.17) is 32.4 Å². The highest BCUT2D eigenvalue weighted by Crippen LogP contribution is 2.46. The van der Waals surface area contributed by atoms with Crippen molar-refractivity contribution in [3.63, 3.8) is 0 Å². The molecule has 0 spiro atoms. The van der Waals surface area contributed by atoms with Gasteiger partial charge in [-0.1, -0.05) is 90.8 Å². The number of carbonyl (C=O) groups excluding carboxylic acids is 4. The molecule has 16 nitrogen and oxygen atoms in total. The van der Waals surface area contributed by atoms with Gasteiger partial charge < -0.3 is 19.8 Å². The lowest BCUT2D eigenvalue weighted by Gasteiger charge is -2.45. The lowest BCUT2D eigenvalue weighted by Crippen LogP contribution is -2.53. The highest BCUT2D eigenvalue weighted by Gasteiger charge is 2.48. The van der Waals surface area contributed by atoms with Crippen LogP contribution in [0.4, 0.5) is 4.79 Å². The minimum Gasteiger partial charge on any atom is -0.445 e. The van der Waals surface area contributed by atoms with E-state index in [2.05, 4.69) is 10.3 Å². The molecule has 2 N–H and O–H groups in total. The third kappa shape index (κ3) is 12.0. The zero-order chi connectivity index (χ0) is 45.0. The summed E-state index contributed by atoms with van der Waals surface area (Å²) in [6.45, 7) is 4.34. The summed E-state index contributed by atoms with van der Waals surface area (Å²) in [5.41, 5.74) is -0.679. The SMILES string of the molecule is CCc1nc(C2(NC(=O)OCc3ccccc3)CCC(COS(=O)(=O)c3ccc(C)cc3)(COS(=O)(=O)c3ccc(C)cc3)CC2)[nH]c(=O)c1OC(=O)c1ccccc1.O=C=O. The topological polar surface area (TPSA) is 231 Å². The standard InChI is InChI=1S/C43H45N3O11S2.CO2/c1-4-36-37(57-39(48)33-13-9-6-10-14-33)38(47)45-40(44-36)43(46-41(49)54-27-32-11-7-5-8-12-32)25-23-42(24-26-43,28-55-58(50,51)34-19-15-30(2)16-20-34)29-56-59(52,53)35-21-17-31(3)18-22-35;2-1-3/h5-22H,4,23-29H2,1-3H3,(H,46,49)(H,44,45,47);. The van der Waals surface area contributed by atoms with Crippen LogP contribution < -0.4 is 15.6 Å². The Bertz CT molecular complexity index is 2560. The van der Waals surface area contributed by atoms with E-state index in [0.29, 0.717) is 0 Å². The molecular formula is C44H45N3O13S2. The number of alkyl carbamates (subject to hydrolysis) is 1. The summed E-state index contributed by atoms with van der Waals surface area (Å²) >= 11 is 0. The first kappa shape index (κ1) is 46.8. The first-order chi connectivity index (χ1) is 29.5. The number of aromatic amines is 1. The van der Waals surface area contributed by atoms with E-state index in [1.807, 2.05) is 19.9 Å². The minimum atomic E-state index is -4.30. The number of nitrogens with one attached hydrogen (secondary N) is 2. The summed E-state index contributed by atoms with van der Waals surface area (Å²) in [7, 11) is -8.61. The van der Waals surface area contributed by atoms with E-state index in [-0.39, 0.29) is 77.5 Å². The van der Waals surface area contributed by atoms with Gasteiger partial charge in [-0.15, -0.1) is 0 Å². The van der Waals surface area contributed by atoms with Gasteiger partial charge in [-0.05, 0) is 87.9 Å². The van der Waals surface area contributed by atoms with Crippen molar-refractivity contribution in [3.05, 3.63) is 153 Å². The fraction of sp³-hybridized carbons (Fsp3) is 0.295. The second kappa shape index (κ2) is 20.5. The number of hydrogen-bond acceptors (Lipinski definition) is 14. The van der Waals surface area contributed by atoms with Crippen LogP contribution in [0.25, 0.3) is 0 Å². The van der Waals surface area contributed by atoms with Crippen LogP contribution in [0.2, 0.25) is 0 Å². The Balaban J connectivity index is 0.00000235. The van der Waals surface area contributed by atoms with Crippen molar-refractivity contribution in [1.82, 2.24) is 15.3 Å². The van der Waals surface area contributed by atoms with Crippen molar-refractivity contribution in [3.8, 4) is 5.75 Å². The molecule has 1 aromatic heterocycles. The number of benzene rings is 4. The van der Waals surface area contributed by atoms with E-state index in [1.54, 1.807) is 85.8 Å². The van der Waals surface area contributed by atoms with Crippen LogP contribution in [-0.4, -0.2) is 58.2 Å². The van der Waals surface area contributed by atoms with Gasteiger partial charge in [0.2, 0.25) is 5.75 Å². The first-order valence-corrected chi connectivity index (χ1v) is 22.2. The van der Waals surface area contributed by atoms with Crippen LogP contribution in [0.3, 0.4) is 0 Å². The van der Waals surface area contributed by atoms with Crippen LogP contribution >= 0.6 is 0 Å². The highest BCUT2D eigenvalue weighted by atomic mass is 32.2. The molecule has 0 radical (unpaired) electrons. The molecule has 326 valence electrons. The molecule has 1 amide bonds. The van der Waals surface area contributed by atoms with Crippen LogP contribution in [0.15, 0.2) is 124 Å². The average Bonchev–Trinajstić information content (AvgIpc) is 3.27. The molecule has 18 heteroatoms. The van der Waals surface area contributed by atoms with Gasteiger partial charge in [0.25, 0.3) is 25.8 Å². The molecule has 62 heavy (non-hydrogen) atoms. The minimum absolute atomic E-state index is 0.00937. The molecule has 0 atom stereocenters. The van der Waals surface area contributed by atoms with Gasteiger partial charge in [-0.25, -0.2) is 14.6 Å². The molecule has 1 saturated carbocycles. The van der Waals surface area contributed by atoms with Crippen molar-refractivity contribution >= 4 is 38.5 Å². The van der Waals surface area contributed by atoms with Gasteiger partial charge in [0.05, 0.1) is 34.3 Å². The second-order valence-electron chi connectivity index (χ2n) is 14.7. The molecule has 0 bridgehead atoms. The number of aryl methyl sites for hydroxylation is 3. The Kier molecular flexibility index (Phi) is 15.5. The number of esters is 1.